The first-order valence-electron chi connectivity index (χ1n) is 7.22. The fourth-order valence-electron chi connectivity index (χ4n) is 2.83. The summed E-state index contributed by atoms with van der Waals surface area (Å²) in [7, 11) is 0. The zero-order valence-corrected chi connectivity index (χ0v) is 13.3. The second-order valence-electron chi connectivity index (χ2n) is 6.66. The van der Waals surface area contributed by atoms with Crippen LogP contribution < -0.4 is 0 Å². The predicted molar refractivity (Wildman–Crippen MR) is 76.2 cm³/mol. The second-order valence-corrected chi connectivity index (χ2v) is 6.66. The summed E-state index contributed by atoms with van der Waals surface area (Å²) in [5.41, 5.74) is -1.56. The number of amides is 1. The fourth-order valence-corrected chi connectivity index (χ4v) is 2.83. The lowest BCUT2D eigenvalue weighted by molar-refractivity contribution is -0.151. The third-order valence-electron chi connectivity index (χ3n) is 3.86. The van der Waals surface area contributed by atoms with Crippen molar-refractivity contribution >= 4 is 18.0 Å². The number of carbonyl (C=O) groups is 3. The van der Waals surface area contributed by atoms with Crippen LogP contribution >= 0.6 is 0 Å². The Kier molecular flexibility index (Phi) is 3.93. The van der Waals surface area contributed by atoms with Gasteiger partial charge in [0, 0.05) is 31.5 Å². The molecule has 0 unspecified atom stereocenters. The first-order valence-corrected chi connectivity index (χ1v) is 7.22. The maximum absolute atomic E-state index is 12.0. The standard InChI is InChI=1S/C15H21NO6/c1-9-10(11(17)18)15(21-12(9)19)5-7-16(8-6-15)13(20)22-14(2,3)4/h5-8H2,1-4H3,(H,17,18). The molecule has 2 heterocycles. The molecule has 1 spiro atoms. The number of nitrogens with zero attached hydrogens (tertiary/aromatic N) is 1. The first kappa shape index (κ1) is 16.3. The highest BCUT2D eigenvalue weighted by Gasteiger charge is 2.51. The zero-order valence-electron chi connectivity index (χ0n) is 13.3. The lowest BCUT2D eigenvalue weighted by Crippen LogP contribution is -2.50. The summed E-state index contributed by atoms with van der Waals surface area (Å²) in [6.07, 6.45) is 0.0812. The lowest BCUT2D eigenvalue weighted by atomic mass is 9.83. The molecule has 0 atom stereocenters. The Balaban J connectivity index is 2.10. The Hall–Kier alpha value is -2.05. The van der Waals surface area contributed by atoms with E-state index in [1.54, 1.807) is 20.8 Å². The van der Waals surface area contributed by atoms with Crippen LogP contribution in [0, 0.1) is 0 Å². The van der Waals surface area contributed by atoms with Gasteiger partial charge in [-0.25, -0.2) is 14.4 Å². The third kappa shape index (κ3) is 2.93. The Morgan fingerprint density at radius 2 is 1.82 bits per heavy atom. The SMILES string of the molecule is CC1=C(C(=O)O)C2(CCN(C(=O)OC(C)(C)C)CC2)OC1=O. The molecule has 7 heteroatoms. The van der Waals surface area contributed by atoms with E-state index in [1.807, 2.05) is 0 Å². The number of likely N-dealkylation sites (tertiary alicyclic amines) is 1. The van der Waals surface area contributed by atoms with E-state index in [-0.39, 0.29) is 37.1 Å². The molecule has 1 saturated heterocycles. The van der Waals surface area contributed by atoms with Crippen LogP contribution in [0.25, 0.3) is 0 Å². The summed E-state index contributed by atoms with van der Waals surface area (Å²) in [6.45, 7) is 7.37. The minimum atomic E-state index is -1.14. The van der Waals surface area contributed by atoms with Gasteiger partial charge < -0.3 is 19.5 Å². The first-order chi connectivity index (χ1) is 10.1. The normalized spacial score (nSPS) is 21.1. The van der Waals surface area contributed by atoms with Crippen molar-refractivity contribution in [2.24, 2.45) is 0 Å². The van der Waals surface area contributed by atoms with E-state index in [9.17, 15) is 19.5 Å². The number of carboxylic acids is 1. The Bertz CT molecular complexity index is 549. The van der Waals surface area contributed by atoms with Crippen molar-refractivity contribution in [1.82, 2.24) is 4.90 Å². The highest BCUT2D eigenvalue weighted by molar-refractivity contribution is 6.04. The van der Waals surface area contributed by atoms with Gasteiger partial charge in [-0.1, -0.05) is 0 Å². The largest absolute Gasteiger partial charge is 0.478 e. The minimum Gasteiger partial charge on any atom is -0.478 e. The molecule has 0 aromatic carbocycles. The molecule has 0 bridgehead atoms. The molecule has 1 fully saturated rings. The molecule has 22 heavy (non-hydrogen) atoms. The molecule has 122 valence electrons. The van der Waals surface area contributed by atoms with Gasteiger partial charge in [-0.05, 0) is 27.7 Å². The highest BCUT2D eigenvalue weighted by Crippen LogP contribution is 2.41. The summed E-state index contributed by atoms with van der Waals surface area (Å²) < 4.78 is 10.6. The van der Waals surface area contributed by atoms with Crippen LogP contribution in [-0.2, 0) is 19.1 Å². The molecule has 0 aromatic rings. The van der Waals surface area contributed by atoms with E-state index in [0.29, 0.717) is 0 Å². The summed E-state index contributed by atoms with van der Waals surface area (Å²) >= 11 is 0. The molecule has 2 rings (SSSR count). The molecule has 0 aromatic heterocycles. The number of hydrogen-bond acceptors (Lipinski definition) is 5. The van der Waals surface area contributed by atoms with Crippen LogP contribution in [0.3, 0.4) is 0 Å². The molecule has 0 aliphatic carbocycles. The maximum Gasteiger partial charge on any atom is 0.410 e. The number of ether oxygens (including phenoxy) is 2. The zero-order chi connectivity index (χ0) is 16.7. The predicted octanol–water partition coefficient (Wildman–Crippen LogP) is 1.71. The van der Waals surface area contributed by atoms with Gasteiger partial charge in [0.25, 0.3) is 0 Å². The van der Waals surface area contributed by atoms with E-state index < -0.39 is 29.2 Å². The van der Waals surface area contributed by atoms with Gasteiger partial charge in [-0.3, -0.25) is 0 Å². The lowest BCUT2D eigenvalue weighted by Gasteiger charge is -2.39. The van der Waals surface area contributed by atoms with E-state index >= 15 is 0 Å². The molecule has 1 N–H and O–H groups in total. The quantitative estimate of drug-likeness (QED) is 0.741. The summed E-state index contributed by atoms with van der Waals surface area (Å²) in [5, 5.41) is 9.35. The summed E-state index contributed by atoms with van der Waals surface area (Å²) in [4.78, 5) is 36.7. The van der Waals surface area contributed by atoms with Crippen molar-refractivity contribution in [2.45, 2.75) is 51.7 Å². The van der Waals surface area contributed by atoms with Gasteiger partial charge in [0.15, 0.2) is 0 Å². The Labute approximate surface area is 128 Å². The number of hydrogen-bond donors (Lipinski definition) is 1. The van der Waals surface area contributed by atoms with E-state index in [1.165, 1.54) is 11.8 Å². The molecule has 0 radical (unpaired) electrons. The number of aliphatic carboxylic acids is 1. The Morgan fingerprint density at radius 3 is 2.27 bits per heavy atom. The van der Waals surface area contributed by atoms with Gasteiger partial charge in [-0.15, -0.1) is 0 Å². The maximum atomic E-state index is 12.0. The van der Waals surface area contributed by atoms with Crippen LogP contribution in [0.5, 0.6) is 0 Å². The van der Waals surface area contributed by atoms with Crippen LogP contribution in [0.2, 0.25) is 0 Å². The van der Waals surface area contributed by atoms with Gasteiger partial charge in [0.1, 0.15) is 11.2 Å². The Morgan fingerprint density at radius 1 is 1.27 bits per heavy atom. The summed E-state index contributed by atoms with van der Waals surface area (Å²) in [5.74, 6) is -1.74. The topological polar surface area (TPSA) is 93.1 Å². The van der Waals surface area contributed by atoms with Crippen molar-refractivity contribution in [3.63, 3.8) is 0 Å². The fraction of sp³-hybridized carbons (Fsp3) is 0.667. The highest BCUT2D eigenvalue weighted by atomic mass is 16.6. The molecule has 1 amide bonds. The molecule has 7 nitrogen and oxygen atoms in total. The van der Waals surface area contributed by atoms with Crippen LogP contribution in [-0.4, -0.2) is 52.3 Å². The van der Waals surface area contributed by atoms with Crippen molar-refractivity contribution in [2.75, 3.05) is 13.1 Å². The number of esters is 1. The van der Waals surface area contributed by atoms with Gasteiger partial charge >= 0.3 is 18.0 Å². The van der Waals surface area contributed by atoms with Gasteiger partial charge in [0.05, 0.1) is 5.57 Å². The molecule has 2 aliphatic rings. The van der Waals surface area contributed by atoms with Crippen molar-refractivity contribution < 1.29 is 29.0 Å². The molecular formula is C15H21NO6. The van der Waals surface area contributed by atoms with Gasteiger partial charge in [0.2, 0.25) is 0 Å². The van der Waals surface area contributed by atoms with Crippen LogP contribution in [0.1, 0.15) is 40.5 Å². The minimum absolute atomic E-state index is 0.0151. The van der Waals surface area contributed by atoms with Crippen LogP contribution in [0.4, 0.5) is 4.79 Å². The number of piperidine rings is 1. The third-order valence-corrected chi connectivity index (χ3v) is 3.86. The van der Waals surface area contributed by atoms with E-state index in [4.69, 9.17) is 9.47 Å². The molecule has 0 saturated carbocycles. The van der Waals surface area contributed by atoms with Crippen molar-refractivity contribution in [3.8, 4) is 0 Å². The number of carboxylic acid groups (broad SMARTS) is 1. The average Bonchev–Trinajstić information content (AvgIpc) is 2.59. The van der Waals surface area contributed by atoms with E-state index in [2.05, 4.69) is 0 Å². The summed E-state index contributed by atoms with van der Waals surface area (Å²) in [6, 6.07) is 0. The number of rotatable bonds is 1. The monoisotopic (exact) mass is 311 g/mol. The van der Waals surface area contributed by atoms with Crippen LogP contribution in [0.15, 0.2) is 11.1 Å². The second kappa shape index (κ2) is 5.30. The van der Waals surface area contributed by atoms with E-state index in [0.717, 1.165) is 0 Å². The van der Waals surface area contributed by atoms with Crippen molar-refractivity contribution in [1.29, 1.82) is 0 Å². The van der Waals surface area contributed by atoms with Gasteiger partial charge in [-0.2, -0.15) is 0 Å². The molecule has 2 aliphatic heterocycles. The smallest absolute Gasteiger partial charge is 0.410 e. The number of carbonyl (C=O) groups excluding carboxylic acids is 2. The molecular weight excluding hydrogens is 290 g/mol. The average molecular weight is 311 g/mol. The van der Waals surface area contributed by atoms with Crippen molar-refractivity contribution in [3.05, 3.63) is 11.1 Å².